The van der Waals surface area contributed by atoms with Crippen LogP contribution in [0.5, 0.6) is 0 Å². The van der Waals surface area contributed by atoms with Crippen LogP contribution in [0.25, 0.3) is 0 Å². The van der Waals surface area contributed by atoms with E-state index in [4.69, 9.17) is 9.47 Å². The summed E-state index contributed by atoms with van der Waals surface area (Å²) in [5.74, 6) is -0.912. The van der Waals surface area contributed by atoms with Gasteiger partial charge in [-0.15, -0.1) is 0 Å². The van der Waals surface area contributed by atoms with E-state index in [1.807, 2.05) is 97.1 Å². The standard InChI is InChI=1S/C32H27NO5/c34-28(24-15-7-2-8-16-24)21-27-31(35)38-30(26-19-11-4-12-20-26)29(25-17-9-3-10-18-25)33(27)32(36)37-22-23-13-5-1-6-14-23/h1-20,27,29-30H,21-22H2/t27-,29-,30+/m0/s1. The highest BCUT2D eigenvalue weighted by atomic mass is 16.6. The molecule has 0 aliphatic carbocycles. The molecule has 5 rings (SSSR count). The average Bonchev–Trinajstić information content (AvgIpc) is 2.98. The molecule has 190 valence electrons. The van der Waals surface area contributed by atoms with Gasteiger partial charge in [-0.2, -0.15) is 0 Å². The Balaban J connectivity index is 1.54. The zero-order chi connectivity index (χ0) is 26.3. The minimum absolute atomic E-state index is 0.0298. The van der Waals surface area contributed by atoms with Crippen molar-refractivity contribution in [2.24, 2.45) is 0 Å². The first kappa shape index (κ1) is 25.0. The summed E-state index contributed by atoms with van der Waals surface area (Å²) in [4.78, 5) is 41.9. The van der Waals surface area contributed by atoms with Crippen LogP contribution in [0.2, 0.25) is 0 Å². The number of Topliss-reactive ketones (excluding diaryl/α,β-unsaturated/α-hetero) is 1. The Morgan fingerprint density at radius 1 is 0.711 bits per heavy atom. The van der Waals surface area contributed by atoms with Gasteiger partial charge in [0.25, 0.3) is 0 Å². The third-order valence-electron chi connectivity index (χ3n) is 6.60. The first-order valence-corrected chi connectivity index (χ1v) is 12.5. The van der Waals surface area contributed by atoms with Gasteiger partial charge in [0.05, 0.1) is 0 Å². The third-order valence-corrected chi connectivity index (χ3v) is 6.60. The maximum absolute atomic E-state index is 13.8. The van der Waals surface area contributed by atoms with Crippen molar-refractivity contribution in [1.29, 1.82) is 0 Å². The smallest absolute Gasteiger partial charge is 0.411 e. The zero-order valence-corrected chi connectivity index (χ0v) is 20.7. The number of esters is 1. The van der Waals surface area contributed by atoms with E-state index >= 15 is 0 Å². The Bertz CT molecular complexity index is 1380. The molecule has 0 aromatic heterocycles. The fourth-order valence-electron chi connectivity index (χ4n) is 4.73. The molecule has 0 spiro atoms. The summed E-state index contributed by atoms with van der Waals surface area (Å²) in [6, 6.07) is 34.9. The predicted molar refractivity (Wildman–Crippen MR) is 142 cm³/mol. The lowest BCUT2D eigenvalue weighted by Gasteiger charge is -2.44. The highest BCUT2D eigenvalue weighted by molar-refractivity contribution is 5.99. The predicted octanol–water partition coefficient (Wildman–Crippen LogP) is 6.31. The number of morpholine rings is 1. The van der Waals surface area contributed by atoms with E-state index in [2.05, 4.69) is 0 Å². The molecule has 6 nitrogen and oxygen atoms in total. The van der Waals surface area contributed by atoms with E-state index in [9.17, 15) is 14.4 Å². The fraction of sp³-hybridized carbons (Fsp3) is 0.156. The number of carbonyl (C=O) groups is 3. The molecular weight excluding hydrogens is 478 g/mol. The number of amides is 1. The summed E-state index contributed by atoms with van der Waals surface area (Å²) in [7, 11) is 0. The summed E-state index contributed by atoms with van der Waals surface area (Å²) >= 11 is 0. The lowest BCUT2D eigenvalue weighted by Crippen LogP contribution is -2.55. The van der Waals surface area contributed by atoms with Gasteiger partial charge in [0.1, 0.15) is 18.7 Å². The molecule has 4 aromatic carbocycles. The third kappa shape index (κ3) is 5.49. The second-order valence-corrected chi connectivity index (χ2v) is 9.08. The maximum Gasteiger partial charge on any atom is 0.411 e. The van der Waals surface area contributed by atoms with Crippen molar-refractivity contribution in [3.05, 3.63) is 144 Å². The Morgan fingerprint density at radius 3 is 1.84 bits per heavy atom. The highest BCUT2D eigenvalue weighted by Gasteiger charge is 2.49. The van der Waals surface area contributed by atoms with Gasteiger partial charge < -0.3 is 9.47 Å². The summed E-state index contributed by atoms with van der Waals surface area (Å²) in [6.45, 7) is 0.0298. The Hall–Kier alpha value is -4.71. The Morgan fingerprint density at radius 2 is 1.24 bits per heavy atom. The molecule has 0 saturated carbocycles. The van der Waals surface area contributed by atoms with Crippen molar-refractivity contribution in [3.8, 4) is 0 Å². The second kappa shape index (κ2) is 11.6. The molecule has 6 heteroatoms. The van der Waals surface area contributed by atoms with Gasteiger partial charge >= 0.3 is 12.1 Å². The van der Waals surface area contributed by atoms with Crippen molar-refractivity contribution in [1.82, 2.24) is 4.90 Å². The van der Waals surface area contributed by atoms with Gasteiger partial charge in [0, 0.05) is 12.0 Å². The molecule has 0 unspecified atom stereocenters. The number of ether oxygens (including phenoxy) is 2. The SMILES string of the molecule is O=C(C[C@H]1C(=O)O[C@H](c2ccccc2)[C@H](c2ccccc2)N1C(=O)OCc1ccccc1)c1ccccc1. The average molecular weight is 506 g/mol. The zero-order valence-electron chi connectivity index (χ0n) is 20.7. The summed E-state index contributed by atoms with van der Waals surface area (Å²) < 4.78 is 11.7. The minimum Gasteiger partial charge on any atom is -0.453 e. The monoisotopic (exact) mass is 505 g/mol. The van der Waals surface area contributed by atoms with Crippen molar-refractivity contribution in [3.63, 3.8) is 0 Å². The van der Waals surface area contributed by atoms with Crippen molar-refractivity contribution in [2.75, 3.05) is 0 Å². The van der Waals surface area contributed by atoms with Crippen LogP contribution in [0, 0.1) is 0 Å². The number of benzene rings is 4. The van der Waals surface area contributed by atoms with Crippen molar-refractivity contribution in [2.45, 2.75) is 31.2 Å². The van der Waals surface area contributed by atoms with Crippen LogP contribution in [0.15, 0.2) is 121 Å². The van der Waals surface area contributed by atoms with Crippen LogP contribution in [0.1, 0.15) is 45.6 Å². The molecule has 1 saturated heterocycles. The maximum atomic E-state index is 13.8. The summed E-state index contributed by atoms with van der Waals surface area (Å²) in [6.07, 6.45) is -1.70. The molecule has 1 fully saturated rings. The van der Waals surface area contributed by atoms with Gasteiger partial charge in [-0.3, -0.25) is 9.69 Å². The molecule has 0 bridgehead atoms. The molecule has 4 aromatic rings. The van der Waals surface area contributed by atoms with Gasteiger partial charge in [-0.1, -0.05) is 121 Å². The number of hydrogen-bond donors (Lipinski definition) is 0. The number of rotatable bonds is 7. The lowest BCUT2D eigenvalue weighted by molar-refractivity contribution is -0.173. The van der Waals surface area contributed by atoms with E-state index in [1.54, 1.807) is 24.3 Å². The van der Waals surface area contributed by atoms with E-state index in [-0.39, 0.29) is 18.8 Å². The lowest BCUT2D eigenvalue weighted by atomic mass is 9.90. The second-order valence-electron chi connectivity index (χ2n) is 9.08. The number of nitrogens with zero attached hydrogens (tertiary/aromatic N) is 1. The molecular formula is C32H27NO5. The molecule has 1 aliphatic heterocycles. The van der Waals surface area contributed by atoms with Gasteiger partial charge in [-0.05, 0) is 16.7 Å². The van der Waals surface area contributed by atoms with Crippen molar-refractivity contribution >= 4 is 17.8 Å². The van der Waals surface area contributed by atoms with Crippen LogP contribution in [-0.4, -0.2) is 28.8 Å². The summed E-state index contributed by atoms with van der Waals surface area (Å²) in [5, 5.41) is 0. The van der Waals surface area contributed by atoms with Crippen molar-refractivity contribution < 1.29 is 23.9 Å². The van der Waals surface area contributed by atoms with Gasteiger partial charge in [0.2, 0.25) is 0 Å². The Kier molecular flexibility index (Phi) is 7.59. The molecule has 1 amide bonds. The Labute approximate surface area is 221 Å². The molecule has 0 N–H and O–H groups in total. The normalized spacial score (nSPS) is 18.9. The highest BCUT2D eigenvalue weighted by Crippen LogP contribution is 2.43. The van der Waals surface area contributed by atoms with Gasteiger partial charge in [0.15, 0.2) is 11.9 Å². The van der Waals surface area contributed by atoms with E-state index in [1.165, 1.54) is 4.90 Å². The first-order valence-electron chi connectivity index (χ1n) is 12.5. The van der Waals surface area contributed by atoms with Crippen LogP contribution in [0.3, 0.4) is 0 Å². The molecule has 1 aliphatic rings. The minimum atomic E-state index is -1.16. The number of carbonyl (C=O) groups excluding carboxylic acids is 3. The molecule has 38 heavy (non-hydrogen) atoms. The van der Waals surface area contributed by atoms with Crippen LogP contribution >= 0.6 is 0 Å². The largest absolute Gasteiger partial charge is 0.453 e. The molecule has 1 heterocycles. The summed E-state index contributed by atoms with van der Waals surface area (Å²) in [5.41, 5.74) is 2.78. The van der Waals surface area contributed by atoms with Crippen LogP contribution in [0.4, 0.5) is 4.79 Å². The first-order chi connectivity index (χ1) is 18.6. The molecule has 3 atom stereocenters. The van der Waals surface area contributed by atoms with Crippen LogP contribution < -0.4 is 0 Å². The van der Waals surface area contributed by atoms with E-state index in [0.717, 1.165) is 16.7 Å². The quantitative estimate of drug-likeness (QED) is 0.218. The number of hydrogen-bond acceptors (Lipinski definition) is 5. The topological polar surface area (TPSA) is 72.9 Å². The number of cyclic esters (lactones) is 1. The van der Waals surface area contributed by atoms with E-state index < -0.39 is 30.3 Å². The molecule has 0 radical (unpaired) electrons. The van der Waals surface area contributed by atoms with E-state index in [0.29, 0.717) is 5.56 Å². The van der Waals surface area contributed by atoms with Gasteiger partial charge in [-0.25, -0.2) is 9.59 Å². The van der Waals surface area contributed by atoms with Crippen LogP contribution in [-0.2, 0) is 20.9 Å². The number of ketones is 1. The fourth-order valence-corrected chi connectivity index (χ4v) is 4.73.